The van der Waals surface area contributed by atoms with Crippen molar-refractivity contribution in [2.75, 3.05) is 26.2 Å². The van der Waals surface area contributed by atoms with Crippen LogP contribution in [0, 0.1) is 13.8 Å². The molecule has 2 N–H and O–H groups in total. The van der Waals surface area contributed by atoms with Crippen LogP contribution in [0.4, 0.5) is 0 Å². The summed E-state index contributed by atoms with van der Waals surface area (Å²) in [6.45, 7) is 8.57. The van der Waals surface area contributed by atoms with Gasteiger partial charge < -0.3 is 19.9 Å². The molecule has 2 aromatic rings. The third kappa shape index (κ3) is 6.21. The predicted octanol–water partition coefficient (Wildman–Crippen LogP) is 2.44. The molecule has 1 saturated heterocycles. The molecule has 0 bridgehead atoms. The number of hydrogen-bond acceptors (Lipinski definition) is 5. The summed E-state index contributed by atoms with van der Waals surface area (Å²) in [6, 6.07) is 13.9. The molecule has 1 fully saturated rings. The fraction of sp³-hybridized carbons (Fsp3) is 0.435. The Labute approximate surface area is 172 Å². The summed E-state index contributed by atoms with van der Waals surface area (Å²) < 4.78 is 11.7. The van der Waals surface area contributed by atoms with Crippen LogP contribution in [-0.4, -0.2) is 54.4 Å². The van der Waals surface area contributed by atoms with Crippen molar-refractivity contribution >= 4 is 5.91 Å². The second-order valence-electron chi connectivity index (χ2n) is 7.64. The number of aryl methyl sites for hydroxylation is 2. The number of aliphatic hydroxyl groups excluding tert-OH is 1. The second kappa shape index (κ2) is 9.76. The Balaban J connectivity index is 1.48. The highest BCUT2D eigenvalue weighted by Crippen LogP contribution is 2.23. The molecule has 2 atom stereocenters. The van der Waals surface area contributed by atoms with Crippen LogP contribution in [0.15, 0.2) is 42.5 Å². The van der Waals surface area contributed by atoms with Gasteiger partial charge in [0.1, 0.15) is 30.3 Å². The minimum atomic E-state index is -0.506. The summed E-state index contributed by atoms with van der Waals surface area (Å²) >= 11 is 0. The first-order valence-electron chi connectivity index (χ1n) is 10.0. The van der Waals surface area contributed by atoms with E-state index in [1.807, 2.05) is 42.5 Å². The molecular weight excluding hydrogens is 368 g/mol. The van der Waals surface area contributed by atoms with E-state index >= 15 is 0 Å². The third-order valence-corrected chi connectivity index (χ3v) is 5.15. The molecule has 1 amide bonds. The van der Waals surface area contributed by atoms with Gasteiger partial charge in [0, 0.05) is 26.6 Å². The third-order valence-electron chi connectivity index (χ3n) is 5.15. The lowest BCUT2D eigenvalue weighted by molar-refractivity contribution is -0.119. The molecule has 6 heteroatoms. The zero-order chi connectivity index (χ0) is 20.8. The molecule has 0 spiro atoms. The van der Waals surface area contributed by atoms with Crippen molar-refractivity contribution in [3.63, 3.8) is 0 Å². The van der Waals surface area contributed by atoms with Gasteiger partial charge in [0.15, 0.2) is 0 Å². The highest BCUT2D eigenvalue weighted by atomic mass is 16.5. The lowest BCUT2D eigenvalue weighted by atomic mass is 10.1. The normalized spacial score (nSPS) is 19.2. The molecule has 156 valence electrons. The molecule has 1 aliphatic rings. The standard InChI is InChI=1S/C23H30N2O4/c1-16-4-7-21(12-17(16)2)29-23-15-25(14-22(23)27)13-19-5-8-20(9-6-19)28-11-10-24-18(3)26/h4-9,12,22-23,27H,10-11,13-15H2,1-3H3,(H,24,26)/t22-,23-/m0/s1. The molecule has 0 saturated carbocycles. The zero-order valence-corrected chi connectivity index (χ0v) is 17.4. The predicted molar refractivity (Wildman–Crippen MR) is 112 cm³/mol. The van der Waals surface area contributed by atoms with Crippen molar-refractivity contribution in [1.29, 1.82) is 0 Å². The number of hydrogen-bond donors (Lipinski definition) is 2. The number of aliphatic hydroxyl groups is 1. The number of carbonyl (C=O) groups excluding carboxylic acids is 1. The minimum Gasteiger partial charge on any atom is -0.492 e. The Bertz CT molecular complexity index is 822. The van der Waals surface area contributed by atoms with Crippen LogP contribution in [0.1, 0.15) is 23.6 Å². The molecule has 0 radical (unpaired) electrons. The molecule has 3 rings (SSSR count). The van der Waals surface area contributed by atoms with E-state index in [1.54, 1.807) is 0 Å². The molecule has 2 aromatic carbocycles. The maximum atomic E-state index is 10.8. The van der Waals surface area contributed by atoms with Gasteiger partial charge in [-0.15, -0.1) is 0 Å². The van der Waals surface area contributed by atoms with Gasteiger partial charge >= 0.3 is 0 Å². The fourth-order valence-corrected chi connectivity index (χ4v) is 3.38. The first-order chi connectivity index (χ1) is 13.9. The van der Waals surface area contributed by atoms with Crippen molar-refractivity contribution in [3.05, 3.63) is 59.2 Å². The Kier molecular flexibility index (Phi) is 7.12. The monoisotopic (exact) mass is 398 g/mol. The Hall–Kier alpha value is -2.57. The summed E-state index contributed by atoms with van der Waals surface area (Å²) in [7, 11) is 0. The lowest BCUT2D eigenvalue weighted by Gasteiger charge is -2.18. The average molecular weight is 399 g/mol. The van der Waals surface area contributed by atoms with E-state index in [0.29, 0.717) is 26.2 Å². The maximum absolute atomic E-state index is 10.8. The van der Waals surface area contributed by atoms with E-state index in [2.05, 4.69) is 24.1 Å². The van der Waals surface area contributed by atoms with Crippen LogP contribution in [0.3, 0.4) is 0 Å². The van der Waals surface area contributed by atoms with Gasteiger partial charge in [-0.2, -0.15) is 0 Å². The van der Waals surface area contributed by atoms with Gasteiger partial charge in [-0.1, -0.05) is 18.2 Å². The van der Waals surface area contributed by atoms with Crippen molar-refractivity contribution in [2.45, 2.75) is 39.5 Å². The number of benzene rings is 2. The van der Waals surface area contributed by atoms with E-state index in [-0.39, 0.29) is 12.0 Å². The molecule has 1 heterocycles. The van der Waals surface area contributed by atoms with Crippen LogP contribution in [-0.2, 0) is 11.3 Å². The molecular formula is C23H30N2O4. The minimum absolute atomic E-state index is 0.0588. The highest BCUT2D eigenvalue weighted by molar-refractivity contribution is 5.72. The van der Waals surface area contributed by atoms with Crippen LogP contribution < -0.4 is 14.8 Å². The quantitative estimate of drug-likeness (QED) is 0.669. The van der Waals surface area contributed by atoms with Gasteiger partial charge in [-0.25, -0.2) is 0 Å². The van der Waals surface area contributed by atoms with Crippen molar-refractivity contribution < 1.29 is 19.4 Å². The number of nitrogens with zero attached hydrogens (tertiary/aromatic N) is 1. The number of likely N-dealkylation sites (tertiary alicyclic amines) is 1. The number of β-amino-alcohol motifs (C(OH)–C–C–N with tert-alkyl or cyclic N) is 1. The van der Waals surface area contributed by atoms with E-state index in [9.17, 15) is 9.90 Å². The van der Waals surface area contributed by atoms with Crippen molar-refractivity contribution in [2.24, 2.45) is 0 Å². The number of amides is 1. The van der Waals surface area contributed by atoms with Gasteiger partial charge in [0.2, 0.25) is 5.91 Å². The number of carbonyl (C=O) groups is 1. The van der Waals surface area contributed by atoms with E-state index in [1.165, 1.54) is 18.1 Å². The second-order valence-corrected chi connectivity index (χ2v) is 7.64. The smallest absolute Gasteiger partial charge is 0.216 e. The Morgan fingerprint density at radius 2 is 1.83 bits per heavy atom. The Morgan fingerprint density at radius 3 is 2.52 bits per heavy atom. The molecule has 6 nitrogen and oxygen atoms in total. The zero-order valence-electron chi connectivity index (χ0n) is 17.4. The van der Waals surface area contributed by atoms with Gasteiger partial charge in [-0.3, -0.25) is 9.69 Å². The van der Waals surface area contributed by atoms with Crippen molar-refractivity contribution in [1.82, 2.24) is 10.2 Å². The van der Waals surface area contributed by atoms with E-state index in [0.717, 1.165) is 23.6 Å². The molecule has 0 aliphatic carbocycles. The average Bonchev–Trinajstić information content (AvgIpc) is 3.02. The number of nitrogens with one attached hydrogen (secondary N) is 1. The Morgan fingerprint density at radius 1 is 1.10 bits per heavy atom. The summed E-state index contributed by atoms with van der Waals surface area (Å²) in [5.74, 6) is 1.52. The summed E-state index contributed by atoms with van der Waals surface area (Å²) in [5.41, 5.74) is 3.57. The summed E-state index contributed by atoms with van der Waals surface area (Å²) in [6.07, 6.45) is -0.735. The van der Waals surface area contributed by atoms with Crippen molar-refractivity contribution in [3.8, 4) is 11.5 Å². The van der Waals surface area contributed by atoms with Crippen LogP contribution in [0.25, 0.3) is 0 Å². The van der Waals surface area contributed by atoms with Crippen LogP contribution in [0.5, 0.6) is 11.5 Å². The van der Waals surface area contributed by atoms with Crippen LogP contribution in [0.2, 0.25) is 0 Å². The van der Waals surface area contributed by atoms with Gasteiger partial charge in [0.25, 0.3) is 0 Å². The molecule has 1 aliphatic heterocycles. The summed E-state index contributed by atoms with van der Waals surface area (Å²) in [5, 5.41) is 13.1. The van der Waals surface area contributed by atoms with Gasteiger partial charge in [0.05, 0.1) is 6.54 Å². The first-order valence-corrected chi connectivity index (χ1v) is 10.0. The lowest BCUT2D eigenvalue weighted by Crippen LogP contribution is -2.29. The fourth-order valence-electron chi connectivity index (χ4n) is 3.38. The van der Waals surface area contributed by atoms with E-state index in [4.69, 9.17) is 9.47 Å². The topological polar surface area (TPSA) is 71.0 Å². The SMILES string of the molecule is CC(=O)NCCOc1ccc(CN2C[C@H](Oc3ccc(C)c(C)c3)[C@@H](O)C2)cc1. The number of rotatable bonds is 8. The molecule has 29 heavy (non-hydrogen) atoms. The number of ether oxygens (including phenoxy) is 2. The first kappa shape index (κ1) is 21.1. The molecule has 0 aromatic heterocycles. The van der Waals surface area contributed by atoms with Gasteiger partial charge in [-0.05, 0) is 54.8 Å². The maximum Gasteiger partial charge on any atom is 0.216 e. The largest absolute Gasteiger partial charge is 0.492 e. The summed E-state index contributed by atoms with van der Waals surface area (Å²) in [4.78, 5) is 13.0. The van der Waals surface area contributed by atoms with E-state index < -0.39 is 6.10 Å². The van der Waals surface area contributed by atoms with Crippen LogP contribution >= 0.6 is 0 Å². The highest BCUT2D eigenvalue weighted by Gasteiger charge is 2.33. The molecule has 0 unspecified atom stereocenters.